The minimum absolute atomic E-state index is 0.306. The second kappa shape index (κ2) is 42.2. The van der Waals surface area contributed by atoms with E-state index in [9.17, 15) is 79.6 Å². The molecule has 0 spiro atoms. The molecule has 538 valence electrons. The van der Waals surface area contributed by atoms with Crippen LogP contribution in [0.2, 0.25) is 0 Å². The first-order valence-electron chi connectivity index (χ1n) is 29.4. The molecule has 6 aromatic rings. The minimum atomic E-state index is -5.92. The van der Waals surface area contributed by atoms with E-state index in [-0.39, 0.29) is 0 Å². The van der Waals surface area contributed by atoms with E-state index in [0.717, 1.165) is 52.7 Å². The summed E-state index contributed by atoms with van der Waals surface area (Å²) in [7, 11) is -15.4. The summed E-state index contributed by atoms with van der Waals surface area (Å²) in [5.41, 5.74) is -1.25. The fraction of sp³-hybridized carbons (Fsp3) is 0.492. The molecular weight excluding hydrogens is 1330 g/mol. The molecule has 3 N–H and O–H groups in total. The van der Waals surface area contributed by atoms with Gasteiger partial charge in [-0.1, -0.05) is 157 Å². The van der Waals surface area contributed by atoms with E-state index in [1.54, 1.807) is 18.2 Å². The van der Waals surface area contributed by atoms with Crippen LogP contribution in [-0.2, 0) is 68.4 Å². The van der Waals surface area contributed by atoms with Gasteiger partial charge >= 0.3 is 33.7 Å². The van der Waals surface area contributed by atoms with E-state index in [1.807, 2.05) is 62.3 Å². The Labute approximate surface area is 553 Å². The summed E-state index contributed by atoms with van der Waals surface area (Å²) in [5.74, 6) is -3.29. The zero-order valence-corrected chi connectivity index (χ0v) is 58.0. The number of ether oxygens (including phenoxy) is 6. The molecule has 6 rings (SSSR count). The molecule has 0 fully saturated rings. The third kappa shape index (κ3) is 34.8. The van der Waals surface area contributed by atoms with E-state index in [1.165, 1.54) is 44.5 Å². The zero-order valence-electron chi connectivity index (χ0n) is 55.6. The van der Waals surface area contributed by atoms with E-state index in [2.05, 4.69) is 133 Å². The lowest BCUT2D eigenvalue weighted by Crippen LogP contribution is -2.42. The third-order valence-corrected chi connectivity index (χ3v) is 16.8. The lowest BCUT2D eigenvalue weighted by molar-refractivity contribution is -0.164. The standard InChI is InChI=1S/C14H10.C11H12F2O6S.C10H8.2C6H10F2O6S.3C6H14O/c1-2-6-12-10-14-8-4-3-7-13(14)9-11(12)5-1;1-8(11(12,13)20(15,16)17)19-10(14)7-18-9-5-3-2-4-6-9;1-2-6-10-8-4-3-7-9(10)5-1;2*1-4(14-5(9)3-13-2)6(7,8)15(10,11)12;3*1-4-6(3,7)5-2/h1-10H;2-6,8H,7H2,1H3,(H,15,16,17);1-8H;2*4H,3H2,1-2H3,(H,10,11,12);3*7H,4-5H2,1-3H3/p-3. The number of esters is 3. The number of hydrogen-bond donors (Lipinski definition) is 3. The van der Waals surface area contributed by atoms with Gasteiger partial charge in [0.1, 0.15) is 19.0 Å². The summed E-state index contributed by atoms with van der Waals surface area (Å²) in [6.45, 7) is 17.4. The molecule has 0 amide bonds. The average Bonchev–Trinajstić information content (AvgIpc) is 0.842. The monoisotopic (exact) mass is 1420 g/mol. The van der Waals surface area contributed by atoms with Gasteiger partial charge in [-0.05, 0) is 137 Å². The van der Waals surface area contributed by atoms with Crippen LogP contribution < -0.4 is 4.74 Å². The number of methoxy groups -OCH3 is 2. The zero-order chi connectivity index (χ0) is 73.9. The van der Waals surface area contributed by atoms with Crippen LogP contribution in [0.1, 0.15) is 122 Å². The van der Waals surface area contributed by atoms with Crippen molar-refractivity contribution >= 4 is 80.6 Å². The first-order valence-corrected chi connectivity index (χ1v) is 33.6. The maximum absolute atomic E-state index is 13.0. The molecular formula is C65H89F6O21S3-3. The highest BCUT2D eigenvalue weighted by atomic mass is 32.2. The first-order chi connectivity index (χ1) is 43.7. The summed E-state index contributed by atoms with van der Waals surface area (Å²) in [6, 6.07) is 46.1. The van der Waals surface area contributed by atoms with Gasteiger partial charge in [-0.15, -0.1) is 0 Å². The number of halogens is 6. The molecule has 0 aliphatic rings. The van der Waals surface area contributed by atoms with Gasteiger partial charge in [0, 0.05) is 14.2 Å². The van der Waals surface area contributed by atoms with Crippen molar-refractivity contribution in [3.63, 3.8) is 0 Å². The van der Waals surface area contributed by atoms with Gasteiger partial charge in [0.2, 0.25) is 0 Å². The van der Waals surface area contributed by atoms with Gasteiger partial charge in [0.25, 0.3) is 0 Å². The first kappa shape index (κ1) is 90.5. The SMILES string of the molecule is CC(OC(=O)COc1ccccc1)C(F)(F)S(=O)(=O)[O-].CCC(C)(O)CC.CCC(C)(O)CC.CCC(C)(O)CC.COCC(=O)OC(C)C(F)(F)S(=O)(=O)[O-].COCC(=O)OC(C)C(F)(F)S(=O)(=O)[O-].c1ccc2cc3ccccc3cc2c1.c1ccc2ccccc2c1. The van der Waals surface area contributed by atoms with Crippen LogP contribution in [0.25, 0.3) is 32.3 Å². The van der Waals surface area contributed by atoms with Crippen molar-refractivity contribution < 1.29 is 123 Å². The molecule has 30 heteroatoms. The predicted octanol–water partition coefficient (Wildman–Crippen LogP) is 12.0. The lowest BCUT2D eigenvalue weighted by atomic mass is 10.0. The number of alkyl halides is 6. The fourth-order valence-corrected chi connectivity index (χ4v) is 7.53. The number of carbonyl (C=O) groups is 3. The van der Waals surface area contributed by atoms with Crippen LogP contribution in [0.15, 0.2) is 140 Å². The quantitative estimate of drug-likeness (QED) is 0.0187. The van der Waals surface area contributed by atoms with Crippen LogP contribution in [-0.4, -0.2) is 157 Å². The molecule has 0 aliphatic heterocycles. The van der Waals surface area contributed by atoms with E-state index >= 15 is 0 Å². The van der Waals surface area contributed by atoms with Crippen LogP contribution in [0, 0.1) is 0 Å². The molecule has 0 saturated heterocycles. The highest BCUT2D eigenvalue weighted by molar-refractivity contribution is 7.87. The number of rotatable bonds is 22. The fourth-order valence-electron chi connectivity index (χ4n) is 6.17. The van der Waals surface area contributed by atoms with E-state index in [0.29, 0.717) is 26.5 Å². The van der Waals surface area contributed by atoms with Crippen molar-refractivity contribution in [1.82, 2.24) is 0 Å². The Morgan fingerprint density at radius 2 is 0.589 bits per heavy atom. The molecule has 0 heterocycles. The second-order valence-electron chi connectivity index (χ2n) is 21.4. The Balaban J connectivity index is 0. The Hall–Kier alpha value is -6.58. The molecule has 6 aromatic carbocycles. The smallest absolute Gasteiger partial charge is 0.370 e. The van der Waals surface area contributed by atoms with Gasteiger partial charge in [-0.2, -0.15) is 26.3 Å². The topological polar surface area (TPSA) is 339 Å². The van der Waals surface area contributed by atoms with Crippen molar-refractivity contribution in [2.24, 2.45) is 0 Å². The number of aliphatic hydroxyl groups is 3. The Bertz CT molecular complexity index is 3270. The summed E-state index contributed by atoms with van der Waals surface area (Å²) in [4.78, 5) is 32.5. The van der Waals surface area contributed by atoms with Crippen LogP contribution in [0.4, 0.5) is 26.3 Å². The van der Waals surface area contributed by atoms with Crippen LogP contribution in [0.3, 0.4) is 0 Å². The van der Waals surface area contributed by atoms with Crippen molar-refractivity contribution in [2.75, 3.05) is 34.0 Å². The Kier molecular flexibility index (Phi) is 40.2. The van der Waals surface area contributed by atoms with Gasteiger partial charge in [-0.25, -0.2) is 39.6 Å². The highest BCUT2D eigenvalue weighted by Gasteiger charge is 2.48. The minimum Gasteiger partial charge on any atom is -0.743 e. The summed E-state index contributed by atoms with van der Waals surface area (Å²) < 4.78 is 194. The largest absolute Gasteiger partial charge is 0.743 e. The number of fused-ring (bicyclic) bond motifs is 3. The van der Waals surface area contributed by atoms with Crippen LogP contribution in [0.5, 0.6) is 5.75 Å². The molecule has 3 atom stereocenters. The Morgan fingerprint density at radius 3 is 0.779 bits per heavy atom. The number of carbonyl (C=O) groups excluding carboxylic acids is 3. The maximum atomic E-state index is 13.0. The second-order valence-corrected chi connectivity index (χ2v) is 25.8. The highest BCUT2D eigenvalue weighted by Crippen LogP contribution is 2.30. The summed E-state index contributed by atoms with van der Waals surface area (Å²) in [6.07, 6.45) is -2.02. The molecule has 0 bridgehead atoms. The normalized spacial score (nSPS) is 12.8. The van der Waals surface area contributed by atoms with Crippen molar-refractivity contribution in [3.8, 4) is 5.75 Å². The molecule has 0 radical (unpaired) electrons. The van der Waals surface area contributed by atoms with E-state index in [4.69, 9.17) is 20.1 Å². The van der Waals surface area contributed by atoms with Crippen molar-refractivity contribution in [2.45, 2.75) is 172 Å². The van der Waals surface area contributed by atoms with Gasteiger partial charge < -0.3 is 57.4 Å². The van der Waals surface area contributed by atoms with Crippen molar-refractivity contribution in [3.05, 3.63) is 140 Å². The maximum Gasteiger partial charge on any atom is 0.370 e. The Morgan fingerprint density at radius 1 is 0.389 bits per heavy atom. The third-order valence-electron chi connectivity index (χ3n) is 13.8. The molecule has 3 unspecified atom stereocenters. The average molecular weight is 1420 g/mol. The molecule has 0 saturated carbocycles. The lowest BCUT2D eigenvalue weighted by Gasteiger charge is -2.25. The van der Waals surface area contributed by atoms with Crippen molar-refractivity contribution in [1.29, 1.82) is 0 Å². The number of benzene rings is 6. The van der Waals surface area contributed by atoms with Gasteiger partial charge in [0.05, 0.1) is 16.8 Å². The van der Waals surface area contributed by atoms with Crippen LogP contribution >= 0.6 is 0 Å². The summed E-state index contributed by atoms with van der Waals surface area (Å²) >= 11 is 0. The van der Waals surface area contributed by atoms with Gasteiger partial charge in [0.15, 0.2) is 55.3 Å². The molecule has 95 heavy (non-hydrogen) atoms. The molecule has 21 nitrogen and oxygen atoms in total. The number of hydrogen-bond acceptors (Lipinski definition) is 21. The van der Waals surface area contributed by atoms with Gasteiger partial charge in [-0.3, -0.25) is 0 Å². The number of para-hydroxylation sites is 1. The molecule has 0 aromatic heterocycles. The predicted molar refractivity (Wildman–Crippen MR) is 345 cm³/mol. The summed E-state index contributed by atoms with van der Waals surface area (Å²) in [5, 5.41) is 21.2. The molecule has 0 aliphatic carbocycles. The van der Waals surface area contributed by atoms with E-state index < -0.39 is 119 Å².